The molecular formula is C20H23NO6. The van der Waals surface area contributed by atoms with Crippen molar-refractivity contribution in [3.8, 4) is 17.2 Å². The standard InChI is InChI=1S/C20H23NO6/c1-13(14-5-7-15(24-2)8-6-14)21-19(22)12-27-20(23)17-10-9-16(25-3)11-18(17)26-4/h5-11,13H,12H2,1-4H3,(H,21,22)/t13-/m0/s1. The molecule has 0 unspecified atom stereocenters. The van der Waals surface area contributed by atoms with Gasteiger partial charge >= 0.3 is 5.97 Å². The van der Waals surface area contributed by atoms with Crippen molar-refractivity contribution in [2.45, 2.75) is 13.0 Å². The number of nitrogens with one attached hydrogen (secondary N) is 1. The fraction of sp³-hybridized carbons (Fsp3) is 0.300. The van der Waals surface area contributed by atoms with Gasteiger partial charge in [0.15, 0.2) is 6.61 Å². The summed E-state index contributed by atoms with van der Waals surface area (Å²) in [6, 6.07) is 11.8. The smallest absolute Gasteiger partial charge is 0.342 e. The van der Waals surface area contributed by atoms with Crippen molar-refractivity contribution >= 4 is 11.9 Å². The van der Waals surface area contributed by atoms with E-state index in [0.29, 0.717) is 11.5 Å². The van der Waals surface area contributed by atoms with Gasteiger partial charge in [-0.2, -0.15) is 0 Å². The van der Waals surface area contributed by atoms with Gasteiger partial charge in [0.25, 0.3) is 5.91 Å². The molecule has 0 spiro atoms. The van der Waals surface area contributed by atoms with Gasteiger partial charge in [-0.25, -0.2) is 4.79 Å². The van der Waals surface area contributed by atoms with E-state index in [9.17, 15) is 9.59 Å². The predicted molar refractivity (Wildman–Crippen MR) is 99.4 cm³/mol. The van der Waals surface area contributed by atoms with Gasteiger partial charge in [-0.1, -0.05) is 12.1 Å². The van der Waals surface area contributed by atoms with E-state index in [0.717, 1.165) is 11.3 Å². The molecule has 0 saturated heterocycles. The molecule has 2 aromatic carbocycles. The summed E-state index contributed by atoms with van der Waals surface area (Å²) in [7, 11) is 4.54. The van der Waals surface area contributed by atoms with E-state index in [-0.39, 0.29) is 11.6 Å². The van der Waals surface area contributed by atoms with Gasteiger partial charge < -0.3 is 24.3 Å². The molecule has 0 radical (unpaired) electrons. The molecular weight excluding hydrogens is 350 g/mol. The topological polar surface area (TPSA) is 83.1 Å². The summed E-state index contributed by atoms with van der Waals surface area (Å²) in [5.41, 5.74) is 1.13. The van der Waals surface area contributed by atoms with Crippen molar-refractivity contribution in [2.75, 3.05) is 27.9 Å². The molecule has 0 aliphatic rings. The first kappa shape index (κ1) is 20.1. The quantitative estimate of drug-likeness (QED) is 0.717. The van der Waals surface area contributed by atoms with Gasteiger partial charge in [0.1, 0.15) is 22.8 Å². The molecule has 0 fully saturated rings. The second-order valence-electron chi connectivity index (χ2n) is 5.70. The first-order valence-electron chi connectivity index (χ1n) is 8.31. The Morgan fingerprint density at radius 1 is 0.926 bits per heavy atom. The minimum absolute atomic E-state index is 0.217. The largest absolute Gasteiger partial charge is 0.497 e. The lowest BCUT2D eigenvalue weighted by Gasteiger charge is -2.15. The van der Waals surface area contributed by atoms with E-state index in [1.807, 2.05) is 31.2 Å². The third-order valence-electron chi connectivity index (χ3n) is 3.96. The molecule has 1 N–H and O–H groups in total. The lowest BCUT2D eigenvalue weighted by Crippen LogP contribution is -2.31. The molecule has 1 amide bonds. The Labute approximate surface area is 158 Å². The Morgan fingerprint density at radius 3 is 2.15 bits per heavy atom. The second-order valence-corrected chi connectivity index (χ2v) is 5.70. The van der Waals surface area contributed by atoms with Crippen molar-refractivity contribution in [1.29, 1.82) is 0 Å². The molecule has 7 nitrogen and oxygen atoms in total. The maximum Gasteiger partial charge on any atom is 0.342 e. The number of ether oxygens (including phenoxy) is 4. The molecule has 144 valence electrons. The van der Waals surface area contributed by atoms with Gasteiger partial charge in [0.2, 0.25) is 0 Å². The number of carbonyl (C=O) groups is 2. The van der Waals surface area contributed by atoms with Crippen LogP contribution in [0.5, 0.6) is 17.2 Å². The van der Waals surface area contributed by atoms with Crippen LogP contribution in [0, 0.1) is 0 Å². The summed E-state index contributed by atoms with van der Waals surface area (Å²) in [4.78, 5) is 24.3. The van der Waals surface area contributed by atoms with Crippen LogP contribution in [0.2, 0.25) is 0 Å². The zero-order chi connectivity index (χ0) is 19.8. The highest BCUT2D eigenvalue weighted by Gasteiger charge is 2.17. The number of amides is 1. The van der Waals surface area contributed by atoms with E-state index in [1.54, 1.807) is 19.2 Å². The van der Waals surface area contributed by atoms with Gasteiger partial charge in [0.05, 0.1) is 27.4 Å². The first-order chi connectivity index (χ1) is 13.0. The Morgan fingerprint density at radius 2 is 1.56 bits per heavy atom. The Balaban J connectivity index is 1.91. The average molecular weight is 373 g/mol. The fourth-order valence-corrected chi connectivity index (χ4v) is 2.44. The summed E-state index contributed by atoms with van der Waals surface area (Å²) in [6.45, 7) is 1.45. The van der Waals surface area contributed by atoms with Crippen LogP contribution in [0.25, 0.3) is 0 Å². The number of hydrogen-bond donors (Lipinski definition) is 1. The van der Waals surface area contributed by atoms with Crippen LogP contribution in [-0.4, -0.2) is 39.8 Å². The number of hydrogen-bond acceptors (Lipinski definition) is 6. The molecule has 0 aliphatic heterocycles. The molecule has 2 rings (SSSR count). The third kappa shape index (κ3) is 5.37. The number of rotatable bonds is 8. The molecule has 0 aliphatic carbocycles. The summed E-state index contributed by atoms with van der Waals surface area (Å²) in [5, 5.41) is 2.78. The fourth-order valence-electron chi connectivity index (χ4n) is 2.44. The number of esters is 1. The normalized spacial score (nSPS) is 11.3. The lowest BCUT2D eigenvalue weighted by atomic mass is 10.1. The van der Waals surface area contributed by atoms with Crippen LogP contribution in [0.1, 0.15) is 28.9 Å². The van der Waals surface area contributed by atoms with Crippen molar-refractivity contribution in [3.63, 3.8) is 0 Å². The molecule has 27 heavy (non-hydrogen) atoms. The lowest BCUT2D eigenvalue weighted by molar-refractivity contribution is -0.124. The van der Waals surface area contributed by atoms with E-state index in [4.69, 9.17) is 18.9 Å². The van der Waals surface area contributed by atoms with Crippen LogP contribution in [0.4, 0.5) is 0 Å². The second kappa shape index (κ2) is 9.47. The maximum atomic E-state index is 12.2. The number of methoxy groups -OCH3 is 3. The average Bonchev–Trinajstić information content (AvgIpc) is 2.71. The van der Waals surface area contributed by atoms with Gasteiger partial charge in [-0.05, 0) is 36.8 Å². The summed E-state index contributed by atoms with van der Waals surface area (Å²) in [5.74, 6) is 0.543. The SMILES string of the molecule is COc1ccc([C@H](C)NC(=O)COC(=O)c2ccc(OC)cc2OC)cc1. The highest BCUT2D eigenvalue weighted by molar-refractivity contribution is 5.94. The van der Waals surface area contributed by atoms with E-state index in [1.165, 1.54) is 20.3 Å². The van der Waals surface area contributed by atoms with Crippen LogP contribution in [-0.2, 0) is 9.53 Å². The van der Waals surface area contributed by atoms with Crippen LogP contribution in [0.15, 0.2) is 42.5 Å². The predicted octanol–water partition coefficient (Wildman–Crippen LogP) is 2.75. The molecule has 7 heteroatoms. The molecule has 0 aromatic heterocycles. The van der Waals surface area contributed by atoms with Crippen LogP contribution in [0.3, 0.4) is 0 Å². The van der Waals surface area contributed by atoms with Crippen molar-refractivity contribution in [1.82, 2.24) is 5.32 Å². The van der Waals surface area contributed by atoms with E-state index in [2.05, 4.69) is 5.32 Å². The minimum Gasteiger partial charge on any atom is -0.497 e. The molecule has 0 bridgehead atoms. The summed E-state index contributed by atoms with van der Waals surface area (Å²) >= 11 is 0. The summed E-state index contributed by atoms with van der Waals surface area (Å²) in [6.07, 6.45) is 0. The molecule has 0 saturated carbocycles. The van der Waals surface area contributed by atoms with Crippen LogP contribution < -0.4 is 19.5 Å². The highest BCUT2D eigenvalue weighted by Crippen LogP contribution is 2.25. The Hall–Kier alpha value is -3.22. The monoisotopic (exact) mass is 373 g/mol. The molecule has 1 atom stereocenters. The first-order valence-corrected chi connectivity index (χ1v) is 8.31. The van der Waals surface area contributed by atoms with Crippen molar-refractivity contribution in [2.24, 2.45) is 0 Å². The summed E-state index contributed by atoms with van der Waals surface area (Å²) < 4.78 is 20.4. The maximum absolute atomic E-state index is 12.2. The van der Waals surface area contributed by atoms with Crippen molar-refractivity contribution in [3.05, 3.63) is 53.6 Å². The Kier molecular flexibility index (Phi) is 7.05. The zero-order valence-corrected chi connectivity index (χ0v) is 15.8. The van der Waals surface area contributed by atoms with Crippen molar-refractivity contribution < 1.29 is 28.5 Å². The van der Waals surface area contributed by atoms with Gasteiger partial charge in [-0.15, -0.1) is 0 Å². The van der Waals surface area contributed by atoms with Gasteiger partial charge in [0, 0.05) is 6.07 Å². The zero-order valence-electron chi connectivity index (χ0n) is 15.8. The third-order valence-corrected chi connectivity index (χ3v) is 3.96. The molecule has 2 aromatic rings. The van der Waals surface area contributed by atoms with E-state index >= 15 is 0 Å². The minimum atomic E-state index is -0.651. The molecule has 0 heterocycles. The number of carbonyl (C=O) groups excluding carboxylic acids is 2. The highest BCUT2D eigenvalue weighted by atomic mass is 16.5. The van der Waals surface area contributed by atoms with Crippen LogP contribution >= 0.6 is 0 Å². The van der Waals surface area contributed by atoms with Gasteiger partial charge in [-0.3, -0.25) is 4.79 Å². The number of benzene rings is 2. The Bertz CT molecular complexity index is 788. The van der Waals surface area contributed by atoms with E-state index < -0.39 is 18.5 Å².